The number of carbonyl (C=O) groups is 2. The van der Waals surface area contributed by atoms with Gasteiger partial charge in [0.15, 0.2) is 0 Å². The molecule has 1 aromatic heterocycles. The maximum Gasteiger partial charge on any atom is 0.245 e. The van der Waals surface area contributed by atoms with Crippen molar-refractivity contribution in [3.8, 4) is 0 Å². The lowest BCUT2D eigenvalue weighted by Gasteiger charge is -2.24. The van der Waals surface area contributed by atoms with E-state index >= 15 is 0 Å². The summed E-state index contributed by atoms with van der Waals surface area (Å²) in [6, 6.07) is -0.223. The molecule has 0 N–H and O–H groups in total. The number of hydrogen-bond acceptors (Lipinski definition) is 4. The topological polar surface area (TPSA) is 53.5 Å². The number of amides is 2. The van der Waals surface area contributed by atoms with E-state index in [9.17, 15) is 9.59 Å². The number of nitrogens with zero attached hydrogens (tertiary/aromatic N) is 3. The van der Waals surface area contributed by atoms with Crippen molar-refractivity contribution in [2.45, 2.75) is 31.8 Å². The Morgan fingerprint density at radius 1 is 1.39 bits per heavy atom. The van der Waals surface area contributed by atoms with Crippen LogP contribution in [0.25, 0.3) is 0 Å². The zero-order valence-corrected chi connectivity index (χ0v) is 10.9. The molecule has 2 aliphatic heterocycles. The van der Waals surface area contributed by atoms with E-state index in [2.05, 4.69) is 4.98 Å². The van der Waals surface area contributed by atoms with E-state index in [0.29, 0.717) is 19.5 Å². The highest BCUT2D eigenvalue weighted by molar-refractivity contribution is 7.07. The average molecular weight is 265 g/mol. The van der Waals surface area contributed by atoms with Gasteiger partial charge in [-0.2, -0.15) is 0 Å². The molecular formula is C12H15N3O2S. The molecule has 0 saturated carbocycles. The summed E-state index contributed by atoms with van der Waals surface area (Å²) in [6.45, 7) is 1.78. The molecular weight excluding hydrogens is 250 g/mol. The van der Waals surface area contributed by atoms with E-state index in [1.807, 2.05) is 5.38 Å². The molecule has 2 aliphatic rings. The number of rotatable bonds is 2. The molecule has 0 aromatic carbocycles. The van der Waals surface area contributed by atoms with Crippen LogP contribution in [0.15, 0.2) is 10.9 Å². The van der Waals surface area contributed by atoms with Gasteiger partial charge < -0.3 is 9.80 Å². The monoisotopic (exact) mass is 265 g/mol. The molecule has 2 amide bonds. The lowest BCUT2D eigenvalue weighted by atomic mass is 10.2. The van der Waals surface area contributed by atoms with Gasteiger partial charge in [-0.25, -0.2) is 4.98 Å². The first-order valence-electron chi connectivity index (χ1n) is 6.21. The summed E-state index contributed by atoms with van der Waals surface area (Å²) >= 11 is 1.53. The summed E-state index contributed by atoms with van der Waals surface area (Å²) in [7, 11) is 0. The molecule has 18 heavy (non-hydrogen) atoms. The standard InChI is InChI=1S/C12H15N3O2S/c16-11-3-5-14(6-9-7-18-8-13-9)12(17)10-2-1-4-15(10)11/h7-8,10H,1-6H2. The van der Waals surface area contributed by atoms with Gasteiger partial charge in [0.2, 0.25) is 11.8 Å². The third-order valence-corrected chi connectivity index (χ3v) is 4.24. The minimum Gasteiger partial charge on any atom is -0.334 e. The summed E-state index contributed by atoms with van der Waals surface area (Å²) in [5.41, 5.74) is 2.68. The van der Waals surface area contributed by atoms with Gasteiger partial charge in [0, 0.05) is 24.9 Å². The number of carbonyl (C=O) groups excluding carboxylic acids is 2. The Kier molecular flexibility index (Phi) is 3.03. The van der Waals surface area contributed by atoms with E-state index < -0.39 is 0 Å². The van der Waals surface area contributed by atoms with Gasteiger partial charge >= 0.3 is 0 Å². The highest BCUT2D eigenvalue weighted by Crippen LogP contribution is 2.24. The lowest BCUT2D eigenvalue weighted by Crippen LogP contribution is -2.43. The van der Waals surface area contributed by atoms with Crippen LogP contribution in [-0.2, 0) is 16.1 Å². The molecule has 3 heterocycles. The maximum absolute atomic E-state index is 12.4. The summed E-state index contributed by atoms with van der Waals surface area (Å²) in [5.74, 6) is 0.206. The third-order valence-electron chi connectivity index (χ3n) is 3.60. The Bertz CT molecular complexity index is 460. The Labute approximate surface area is 109 Å². The van der Waals surface area contributed by atoms with Gasteiger partial charge in [-0.15, -0.1) is 11.3 Å². The minimum atomic E-state index is -0.223. The van der Waals surface area contributed by atoms with Crippen LogP contribution in [0.4, 0.5) is 0 Å². The van der Waals surface area contributed by atoms with Crippen LogP contribution in [0.1, 0.15) is 25.0 Å². The second-order valence-corrected chi connectivity index (χ2v) is 5.45. The van der Waals surface area contributed by atoms with Crippen LogP contribution in [-0.4, -0.2) is 45.7 Å². The lowest BCUT2D eigenvalue weighted by molar-refractivity contribution is -0.139. The molecule has 1 atom stereocenters. The van der Waals surface area contributed by atoms with E-state index in [1.165, 1.54) is 11.3 Å². The number of fused-ring (bicyclic) bond motifs is 1. The van der Waals surface area contributed by atoms with Crippen LogP contribution < -0.4 is 0 Å². The quantitative estimate of drug-likeness (QED) is 0.797. The van der Waals surface area contributed by atoms with Gasteiger partial charge in [0.25, 0.3) is 0 Å². The fourth-order valence-electron chi connectivity index (χ4n) is 2.69. The van der Waals surface area contributed by atoms with E-state index in [1.54, 1.807) is 15.3 Å². The van der Waals surface area contributed by atoms with Gasteiger partial charge in [0.1, 0.15) is 6.04 Å². The van der Waals surface area contributed by atoms with Crippen molar-refractivity contribution in [2.75, 3.05) is 13.1 Å². The van der Waals surface area contributed by atoms with E-state index in [4.69, 9.17) is 0 Å². The van der Waals surface area contributed by atoms with Crippen molar-refractivity contribution in [1.82, 2.24) is 14.8 Å². The SMILES string of the molecule is O=C1C2CCCN2C(=O)CCN1Cc1cscn1. The van der Waals surface area contributed by atoms with Crippen molar-refractivity contribution >= 4 is 23.2 Å². The van der Waals surface area contributed by atoms with Crippen molar-refractivity contribution in [2.24, 2.45) is 0 Å². The largest absolute Gasteiger partial charge is 0.334 e. The zero-order valence-electron chi connectivity index (χ0n) is 10.0. The van der Waals surface area contributed by atoms with E-state index in [0.717, 1.165) is 25.1 Å². The fourth-order valence-corrected chi connectivity index (χ4v) is 3.23. The van der Waals surface area contributed by atoms with Gasteiger partial charge in [-0.1, -0.05) is 0 Å². The normalized spacial score (nSPS) is 24.3. The summed E-state index contributed by atoms with van der Waals surface area (Å²) < 4.78 is 0. The van der Waals surface area contributed by atoms with E-state index in [-0.39, 0.29) is 17.9 Å². The fraction of sp³-hybridized carbons (Fsp3) is 0.583. The zero-order chi connectivity index (χ0) is 12.5. The number of aromatic nitrogens is 1. The molecule has 5 nitrogen and oxygen atoms in total. The average Bonchev–Trinajstić information content (AvgIpc) is 3.01. The first kappa shape index (κ1) is 11.6. The van der Waals surface area contributed by atoms with Crippen LogP contribution in [0, 0.1) is 0 Å². The molecule has 2 saturated heterocycles. The molecule has 0 radical (unpaired) electrons. The number of hydrogen-bond donors (Lipinski definition) is 0. The van der Waals surface area contributed by atoms with Crippen LogP contribution in [0.2, 0.25) is 0 Å². The van der Waals surface area contributed by atoms with Crippen LogP contribution >= 0.6 is 11.3 Å². The second kappa shape index (κ2) is 4.68. The first-order chi connectivity index (χ1) is 8.75. The first-order valence-corrected chi connectivity index (χ1v) is 7.15. The maximum atomic E-state index is 12.4. The highest BCUT2D eigenvalue weighted by Gasteiger charge is 2.39. The molecule has 1 aromatic rings. The van der Waals surface area contributed by atoms with Gasteiger partial charge in [0.05, 0.1) is 17.7 Å². The molecule has 0 bridgehead atoms. The van der Waals surface area contributed by atoms with Gasteiger partial charge in [-0.3, -0.25) is 9.59 Å². The predicted octanol–water partition coefficient (Wildman–Crippen LogP) is 0.866. The molecule has 6 heteroatoms. The van der Waals surface area contributed by atoms with Crippen molar-refractivity contribution in [1.29, 1.82) is 0 Å². The summed E-state index contributed by atoms with van der Waals surface area (Å²) in [4.78, 5) is 32.1. The second-order valence-electron chi connectivity index (χ2n) is 4.73. The highest BCUT2D eigenvalue weighted by atomic mass is 32.1. The Morgan fingerprint density at radius 3 is 3.06 bits per heavy atom. The molecule has 0 aliphatic carbocycles. The third kappa shape index (κ3) is 2.01. The van der Waals surface area contributed by atoms with Gasteiger partial charge in [-0.05, 0) is 12.8 Å². The molecule has 1 unspecified atom stereocenters. The smallest absolute Gasteiger partial charge is 0.245 e. The summed E-state index contributed by atoms with van der Waals surface area (Å²) in [5, 5.41) is 1.95. The Hall–Kier alpha value is -1.43. The van der Waals surface area contributed by atoms with Crippen molar-refractivity contribution in [3.05, 3.63) is 16.6 Å². The molecule has 2 fully saturated rings. The Balaban J connectivity index is 1.79. The number of thiazole rings is 1. The predicted molar refractivity (Wildman–Crippen MR) is 66.9 cm³/mol. The van der Waals surface area contributed by atoms with Crippen LogP contribution in [0.5, 0.6) is 0 Å². The van der Waals surface area contributed by atoms with Crippen molar-refractivity contribution < 1.29 is 9.59 Å². The summed E-state index contributed by atoms with van der Waals surface area (Å²) in [6.07, 6.45) is 2.18. The molecule has 0 spiro atoms. The van der Waals surface area contributed by atoms with Crippen LogP contribution in [0.3, 0.4) is 0 Å². The minimum absolute atomic E-state index is 0.0892. The Morgan fingerprint density at radius 2 is 2.28 bits per heavy atom. The molecule has 96 valence electrons. The van der Waals surface area contributed by atoms with Crippen molar-refractivity contribution in [3.63, 3.8) is 0 Å². The molecule has 3 rings (SSSR count).